The summed E-state index contributed by atoms with van der Waals surface area (Å²) in [6.07, 6.45) is 3.88. The summed E-state index contributed by atoms with van der Waals surface area (Å²) < 4.78 is 1.84. The Morgan fingerprint density at radius 3 is 2.83 bits per heavy atom. The zero-order valence-electron chi connectivity index (χ0n) is 11.7. The van der Waals surface area contributed by atoms with Gasteiger partial charge in [0.1, 0.15) is 0 Å². The highest BCUT2D eigenvalue weighted by Gasteiger charge is 2.24. The van der Waals surface area contributed by atoms with Crippen LogP contribution in [-0.2, 0) is 13.5 Å². The van der Waals surface area contributed by atoms with Crippen LogP contribution in [0.4, 0.5) is 0 Å². The van der Waals surface area contributed by atoms with Gasteiger partial charge >= 0.3 is 0 Å². The van der Waals surface area contributed by atoms with Crippen LogP contribution in [0.25, 0.3) is 0 Å². The predicted octanol–water partition coefficient (Wildman–Crippen LogP) is -0.0742. The van der Waals surface area contributed by atoms with Gasteiger partial charge in [-0.25, -0.2) is 0 Å². The standard InChI is InChI=1S/C13H25N5/c1-16-6-7-17(2)13(10-16)9-11(14)8-12-4-5-18(3)15-12/h4-5,11,13H,6-10,14H2,1-3H3. The minimum absolute atomic E-state index is 0.193. The van der Waals surface area contributed by atoms with E-state index in [4.69, 9.17) is 5.73 Å². The molecule has 102 valence electrons. The number of hydrogen-bond acceptors (Lipinski definition) is 4. The van der Waals surface area contributed by atoms with Crippen LogP contribution in [0.1, 0.15) is 12.1 Å². The Morgan fingerprint density at radius 1 is 1.39 bits per heavy atom. The van der Waals surface area contributed by atoms with Crippen molar-refractivity contribution in [2.45, 2.75) is 24.9 Å². The van der Waals surface area contributed by atoms with Crippen LogP contribution in [0.5, 0.6) is 0 Å². The van der Waals surface area contributed by atoms with Gasteiger partial charge in [0, 0.05) is 51.4 Å². The molecule has 0 bridgehead atoms. The minimum atomic E-state index is 0.193. The molecule has 1 aliphatic rings. The molecule has 1 aromatic rings. The maximum Gasteiger partial charge on any atom is 0.0639 e. The summed E-state index contributed by atoms with van der Waals surface area (Å²) in [5.41, 5.74) is 7.35. The Labute approximate surface area is 110 Å². The molecule has 1 saturated heterocycles. The smallest absolute Gasteiger partial charge is 0.0639 e. The first-order chi connectivity index (χ1) is 8.54. The molecule has 0 radical (unpaired) electrons. The van der Waals surface area contributed by atoms with Crippen molar-refractivity contribution in [3.05, 3.63) is 18.0 Å². The number of nitrogens with zero attached hydrogens (tertiary/aromatic N) is 4. The monoisotopic (exact) mass is 251 g/mol. The average molecular weight is 251 g/mol. The molecule has 2 unspecified atom stereocenters. The zero-order valence-corrected chi connectivity index (χ0v) is 11.7. The van der Waals surface area contributed by atoms with Crippen molar-refractivity contribution in [1.82, 2.24) is 19.6 Å². The molecule has 0 aromatic carbocycles. The van der Waals surface area contributed by atoms with E-state index >= 15 is 0 Å². The second kappa shape index (κ2) is 5.82. The van der Waals surface area contributed by atoms with Crippen LogP contribution < -0.4 is 5.73 Å². The van der Waals surface area contributed by atoms with Gasteiger partial charge in [0.05, 0.1) is 5.69 Å². The zero-order chi connectivity index (χ0) is 13.1. The van der Waals surface area contributed by atoms with Crippen LogP contribution in [0.2, 0.25) is 0 Å². The molecule has 1 fully saturated rings. The lowest BCUT2D eigenvalue weighted by molar-refractivity contribution is 0.104. The molecule has 1 aliphatic heterocycles. The molecular weight excluding hydrogens is 226 g/mol. The number of aromatic nitrogens is 2. The summed E-state index contributed by atoms with van der Waals surface area (Å²) in [5.74, 6) is 0. The average Bonchev–Trinajstić information content (AvgIpc) is 2.69. The van der Waals surface area contributed by atoms with E-state index in [9.17, 15) is 0 Å². The first-order valence-electron chi connectivity index (χ1n) is 6.67. The van der Waals surface area contributed by atoms with Gasteiger partial charge in [0.25, 0.3) is 0 Å². The Balaban J connectivity index is 1.84. The Hall–Kier alpha value is -0.910. The molecule has 0 amide bonds. The van der Waals surface area contributed by atoms with Gasteiger partial charge in [-0.05, 0) is 26.6 Å². The number of aryl methyl sites for hydroxylation is 1. The molecule has 0 spiro atoms. The third kappa shape index (κ3) is 3.54. The summed E-state index contributed by atoms with van der Waals surface area (Å²) in [4.78, 5) is 4.82. The lowest BCUT2D eigenvalue weighted by Gasteiger charge is -2.38. The Morgan fingerprint density at radius 2 is 2.17 bits per heavy atom. The van der Waals surface area contributed by atoms with E-state index in [1.807, 2.05) is 17.9 Å². The first kappa shape index (κ1) is 13.5. The number of nitrogens with two attached hydrogens (primary N) is 1. The SMILES string of the molecule is CN1CCN(C)C(CC(N)Cc2ccn(C)n2)C1. The fourth-order valence-electron chi connectivity index (χ4n) is 2.63. The van der Waals surface area contributed by atoms with Gasteiger partial charge in [-0.2, -0.15) is 5.10 Å². The normalized spacial score (nSPS) is 24.3. The van der Waals surface area contributed by atoms with E-state index in [1.165, 1.54) is 0 Å². The summed E-state index contributed by atoms with van der Waals surface area (Å²) in [7, 11) is 6.33. The number of piperazine rings is 1. The van der Waals surface area contributed by atoms with Crippen molar-refractivity contribution < 1.29 is 0 Å². The van der Waals surface area contributed by atoms with Crippen LogP contribution in [0, 0.1) is 0 Å². The number of hydrogen-bond donors (Lipinski definition) is 1. The predicted molar refractivity (Wildman–Crippen MR) is 73.4 cm³/mol. The molecule has 2 atom stereocenters. The highest BCUT2D eigenvalue weighted by atomic mass is 15.3. The molecule has 2 heterocycles. The molecule has 0 aliphatic carbocycles. The fourth-order valence-corrected chi connectivity index (χ4v) is 2.63. The summed E-state index contributed by atoms with van der Waals surface area (Å²) in [6, 6.07) is 2.82. The Bertz CT molecular complexity index is 375. The molecule has 2 rings (SSSR count). The van der Waals surface area contributed by atoms with E-state index in [2.05, 4.69) is 35.1 Å². The van der Waals surface area contributed by atoms with E-state index in [-0.39, 0.29) is 6.04 Å². The van der Waals surface area contributed by atoms with Crippen LogP contribution >= 0.6 is 0 Å². The van der Waals surface area contributed by atoms with E-state index in [0.717, 1.165) is 38.2 Å². The van der Waals surface area contributed by atoms with Crippen molar-refractivity contribution in [1.29, 1.82) is 0 Å². The van der Waals surface area contributed by atoms with Crippen LogP contribution in [-0.4, -0.2) is 65.4 Å². The maximum atomic E-state index is 6.26. The van der Waals surface area contributed by atoms with Crippen molar-refractivity contribution in [2.75, 3.05) is 33.7 Å². The van der Waals surface area contributed by atoms with Gasteiger partial charge in [-0.1, -0.05) is 0 Å². The summed E-state index contributed by atoms with van der Waals surface area (Å²) in [6.45, 7) is 3.41. The second-order valence-electron chi connectivity index (χ2n) is 5.58. The fraction of sp³-hybridized carbons (Fsp3) is 0.769. The van der Waals surface area contributed by atoms with Gasteiger partial charge in [0.2, 0.25) is 0 Å². The molecule has 5 heteroatoms. The van der Waals surface area contributed by atoms with Gasteiger partial charge < -0.3 is 15.5 Å². The van der Waals surface area contributed by atoms with E-state index < -0.39 is 0 Å². The largest absolute Gasteiger partial charge is 0.327 e. The third-order valence-electron chi connectivity index (χ3n) is 3.80. The van der Waals surface area contributed by atoms with E-state index in [1.54, 1.807) is 0 Å². The van der Waals surface area contributed by atoms with Gasteiger partial charge in [-0.15, -0.1) is 0 Å². The van der Waals surface area contributed by atoms with Crippen molar-refractivity contribution in [2.24, 2.45) is 12.8 Å². The maximum absolute atomic E-state index is 6.26. The van der Waals surface area contributed by atoms with Crippen LogP contribution in [0.15, 0.2) is 12.3 Å². The first-order valence-corrected chi connectivity index (χ1v) is 6.67. The summed E-state index contributed by atoms with van der Waals surface area (Å²) in [5, 5.41) is 4.39. The quantitative estimate of drug-likeness (QED) is 0.813. The lowest BCUT2D eigenvalue weighted by Crippen LogP contribution is -2.51. The van der Waals surface area contributed by atoms with Crippen molar-refractivity contribution >= 4 is 0 Å². The molecule has 5 nitrogen and oxygen atoms in total. The molecule has 18 heavy (non-hydrogen) atoms. The second-order valence-corrected chi connectivity index (χ2v) is 5.58. The van der Waals surface area contributed by atoms with Crippen molar-refractivity contribution in [3.63, 3.8) is 0 Å². The topological polar surface area (TPSA) is 50.3 Å². The number of rotatable bonds is 4. The minimum Gasteiger partial charge on any atom is -0.327 e. The highest BCUT2D eigenvalue weighted by molar-refractivity contribution is 5.01. The highest BCUT2D eigenvalue weighted by Crippen LogP contribution is 2.13. The molecule has 2 N–H and O–H groups in total. The van der Waals surface area contributed by atoms with Crippen molar-refractivity contribution in [3.8, 4) is 0 Å². The molecule has 1 aromatic heterocycles. The Kier molecular flexibility index (Phi) is 4.37. The van der Waals surface area contributed by atoms with Crippen LogP contribution in [0.3, 0.4) is 0 Å². The molecular formula is C13H25N5. The third-order valence-corrected chi connectivity index (χ3v) is 3.80. The van der Waals surface area contributed by atoms with Gasteiger partial charge in [-0.3, -0.25) is 4.68 Å². The van der Waals surface area contributed by atoms with Gasteiger partial charge in [0.15, 0.2) is 0 Å². The lowest BCUT2D eigenvalue weighted by atomic mass is 10.0. The van der Waals surface area contributed by atoms with E-state index in [0.29, 0.717) is 6.04 Å². The molecule has 0 saturated carbocycles. The summed E-state index contributed by atoms with van der Waals surface area (Å²) >= 11 is 0. The number of likely N-dealkylation sites (N-methyl/N-ethyl adjacent to an activating group) is 2.